The molecule has 2 aromatic carbocycles. The van der Waals surface area contributed by atoms with Crippen LogP contribution in [-0.2, 0) is 14.8 Å². The smallest absolute Gasteiger partial charge is 0.338 e. The van der Waals surface area contributed by atoms with E-state index < -0.39 is 16.0 Å². The van der Waals surface area contributed by atoms with Gasteiger partial charge in [-0.25, -0.2) is 17.9 Å². The summed E-state index contributed by atoms with van der Waals surface area (Å²) >= 11 is 0. The number of ether oxygens (including phenoxy) is 1. The predicted octanol–water partition coefficient (Wildman–Crippen LogP) is 1.95. The van der Waals surface area contributed by atoms with Crippen LogP contribution < -0.4 is 4.72 Å². The van der Waals surface area contributed by atoms with Crippen LogP contribution in [0, 0.1) is 6.92 Å². The van der Waals surface area contributed by atoms with Crippen molar-refractivity contribution in [1.82, 2.24) is 20.2 Å². The summed E-state index contributed by atoms with van der Waals surface area (Å²) in [4.78, 5) is 11.7. The molecular weight excluding hydrogens is 370 g/mol. The van der Waals surface area contributed by atoms with E-state index in [-0.39, 0.29) is 17.1 Å². The third-order valence-corrected chi connectivity index (χ3v) is 5.20. The maximum atomic E-state index is 12.7. The van der Waals surface area contributed by atoms with Gasteiger partial charge in [-0.2, -0.15) is 0 Å². The van der Waals surface area contributed by atoms with E-state index in [2.05, 4.69) is 20.2 Å². The van der Waals surface area contributed by atoms with E-state index in [1.807, 2.05) is 0 Å². The number of sulfonamides is 1. The zero-order valence-electron chi connectivity index (χ0n) is 14.7. The molecule has 27 heavy (non-hydrogen) atoms. The van der Waals surface area contributed by atoms with Gasteiger partial charge in [0.1, 0.15) is 6.33 Å². The van der Waals surface area contributed by atoms with E-state index in [0.717, 1.165) is 0 Å². The second-order valence-corrected chi connectivity index (χ2v) is 7.24. The SMILES string of the molecule is CCOC(=O)c1ccc(S(=O)(=O)Nc2cccc(-n3cnnn3)c2C)cc1. The highest BCUT2D eigenvalue weighted by molar-refractivity contribution is 7.92. The second kappa shape index (κ2) is 7.54. The maximum absolute atomic E-state index is 12.7. The minimum absolute atomic E-state index is 0.0303. The van der Waals surface area contributed by atoms with Gasteiger partial charge in [0.25, 0.3) is 10.0 Å². The van der Waals surface area contributed by atoms with Crippen molar-refractivity contribution in [3.8, 4) is 5.69 Å². The zero-order chi connectivity index (χ0) is 19.4. The lowest BCUT2D eigenvalue weighted by Crippen LogP contribution is -2.15. The Kier molecular flexibility index (Phi) is 5.17. The Bertz CT molecular complexity index is 1050. The first-order chi connectivity index (χ1) is 12.9. The maximum Gasteiger partial charge on any atom is 0.338 e. The average molecular weight is 387 g/mol. The van der Waals surface area contributed by atoms with Crippen LogP contribution in [0.4, 0.5) is 5.69 Å². The first-order valence-electron chi connectivity index (χ1n) is 8.05. The number of aromatic nitrogens is 4. The highest BCUT2D eigenvalue weighted by Crippen LogP contribution is 2.24. The monoisotopic (exact) mass is 387 g/mol. The molecule has 0 radical (unpaired) electrons. The van der Waals surface area contributed by atoms with Gasteiger partial charge >= 0.3 is 5.97 Å². The predicted molar refractivity (Wildman–Crippen MR) is 97.1 cm³/mol. The molecule has 1 N–H and O–H groups in total. The van der Waals surface area contributed by atoms with Crippen LogP contribution in [0.15, 0.2) is 53.7 Å². The molecule has 0 saturated heterocycles. The molecule has 140 valence electrons. The van der Waals surface area contributed by atoms with Crippen LogP contribution in [0.2, 0.25) is 0 Å². The number of nitrogens with zero attached hydrogens (tertiary/aromatic N) is 4. The van der Waals surface area contributed by atoms with Crippen LogP contribution >= 0.6 is 0 Å². The van der Waals surface area contributed by atoms with Gasteiger partial charge in [0, 0.05) is 0 Å². The van der Waals surface area contributed by atoms with Crippen LogP contribution in [0.1, 0.15) is 22.8 Å². The summed E-state index contributed by atoms with van der Waals surface area (Å²) in [7, 11) is -3.84. The van der Waals surface area contributed by atoms with Crippen LogP contribution in [0.5, 0.6) is 0 Å². The molecule has 0 aliphatic carbocycles. The summed E-state index contributed by atoms with van der Waals surface area (Å²) in [6, 6.07) is 10.7. The van der Waals surface area contributed by atoms with Gasteiger partial charge in [-0.3, -0.25) is 4.72 Å². The molecule has 3 rings (SSSR count). The quantitative estimate of drug-likeness (QED) is 0.643. The van der Waals surface area contributed by atoms with Gasteiger partial charge in [0.15, 0.2) is 0 Å². The number of hydrogen-bond donors (Lipinski definition) is 1. The van der Waals surface area contributed by atoms with E-state index in [0.29, 0.717) is 16.9 Å². The minimum Gasteiger partial charge on any atom is -0.462 e. The summed E-state index contributed by atoms with van der Waals surface area (Å²) in [5, 5.41) is 11.0. The van der Waals surface area contributed by atoms with Crippen molar-refractivity contribution in [2.75, 3.05) is 11.3 Å². The zero-order valence-corrected chi connectivity index (χ0v) is 15.5. The Hall–Kier alpha value is -3.27. The summed E-state index contributed by atoms with van der Waals surface area (Å²) in [6.07, 6.45) is 1.43. The average Bonchev–Trinajstić information content (AvgIpc) is 3.18. The number of anilines is 1. The van der Waals surface area contributed by atoms with Crippen molar-refractivity contribution < 1.29 is 17.9 Å². The van der Waals surface area contributed by atoms with Crippen LogP contribution in [0.25, 0.3) is 5.69 Å². The Labute approximate surface area is 156 Å². The fourth-order valence-corrected chi connectivity index (χ4v) is 3.57. The number of carbonyl (C=O) groups is 1. The standard InChI is InChI=1S/C17H17N5O4S/c1-3-26-17(23)13-7-9-14(10-8-13)27(24,25)19-15-5-4-6-16(12(15)2)22-11-18-20-21-22/h4-11,19H,3H2,1-2H3. The molecule has 0 saturated carbocycles. The van der Waals surface area contributed by atoms with Crippen LogP contribution in [-0.4, -0.2) is 41.2 Å². The van der Waals surface area contributed by atoms with Crippen LogP contribution in [0.3, 0.4) is 0 Å². The van der Waals surface area contributed by atoms with Gasteiger partial charge in [-0.1, -0.05) is 6.07 Å². The Balaban J connectivity index is 1.87. The first-order valence-corrected chi connectivity index (χ1v) is 9.53. The fraction of sp³-hybridized carbons (Fsp3) is 0.176. The third kappa shape index (κ3) is 3.95. The molecule has 0 fully saturated rings. The lowest BCUT2D eigenvalue weighted by molar-refractivity contribution is 0.0526. The Morgan fingerprint density at radius 2 is 1.93 bits per heavy atom. The molecule has 0 amide bonds. The Morgan fingerprint density at radius 1 is 1.19 bits per heavy atom. The highest BCUT2D eigenvalue weighted by Gasteiger charge is 2.18. The topological polar surface area (TPSA) is 116 Å². The molecule has 0 aliphatic rings. The van der Waals surface area contributed by atoms with Crippen molar-refractivity contribution in [1.29, 1.82) is 0 Å². The fourth-order valence-electron chi connectivity index (χ4n) is 2.44. The molecule has 0 spiro atoms. The van der Waals surface area contributed by atoms with Gasteiger partial charge in [-0.05, 0) is 66.2 Å². The number of tetrazole rings is 1. The molecule has 10 heteroatoms. The van der Waals surface area contributed by atoms with Crippen molar-refractivity contribution in [2.45, 2.75) is 18.7 Å². The van der Waals surface area contributed by atoms with Gasteiger partial charge in [-0.15, -0.1) is 5.10 Å². The molecule has 0 bridgehead atoms. The van der Waals surface area contributed by atoms with Crippen molar-refractivity contribution in [2.24, 2.45) is 0 Å². The highest BCUT2D eigenvalue weighted by atomic mass is 32.2. The molecule has 1 heterocycles. The lowest BCUT2D eigenvalue weighted by atomic mass is 10.1. The number of benzene rings is 2. The number of nitrogens with one attached hydrogen (secondary N) is 1. The van der Waals surface area contributed by atoms with E-state index in [1.165, 1.54) is 35.3 Å². The largest absolute Gasteiger partial charge is 0.462 e. The molecule has 0 atom stereocenters. The summed E-state index contributed by atoms with van der Waals surface area (Å²) < 4.78 is 34.3. The molecule has 1 aromatic heterocycles. The number of esters is 1. The molecule has 9 nitrogen and oxygen atoms in total. The molecule has 0 aliphatic heterocycles. The third-order valence-electron chi connectivity index (χ3n) is 3.82. The van der Waals surface area contributed by atoms with Crippen molar-refractivity contribution in [3.63, 3.8) is 0 Å². The van der Waals surface area contributed by atoms with Gasteiger partial charge in [0.05, 0.1) is 28.4 Å². The van der Waals surface area contributed by atoms with E-state index >= 15 is 0 Å². The van der Waals surface area contributed by atoms with Crippen molar-refractivity contribution >= 4 is 21.7 Å². The molecule has 3 aromatic rings. The normalized spacial score (nSPS) is 11.2. The lowest BCUT2D eigenvalue weighted by Gasteiger charge is -2.13. The van der Waals surface area contributed by atoms with E-state index in [1.54, 1.807) is 32.0 Å². The molecule has 0 unspecified atom stereocenters. The first kappa shape index (κ1) is 18.5. The minimum atomic E-state index is -3.84. The van der Waals surface area contributed by atoms with Crippen molar-refractivity contribution in [3.05, 3.63) is 59.9 Å². The molecular formula is C17H17N5O4S. The number of carbonyl (C=O) groups excluding carboxylic acids is 1. The van der Waals surface area contributed by atoms with E-state index in [4.69, 9.17) is 4.74 Å². The summed E-state index contributed by atoms with van der Waals surface area (Å²) in [6.45, 7) is 3.71. The summed E-state index contributed by atoms with van der Waals surface area (Å²) in [5.74, 6) is -0.501. The Morgan fingerprint density at radius 3 is 2.56 bits per heavy atom. The second-order valence-electron chi connectivity index (χ2n) is 5.55. The van der Waals surface area contributed by atoms with Gasteiger partial charge in [0.2, 0.25) is 0 Å². The van der Waals surface area contributed by atoms with E-state index in [9.17, 15) is 13.2 Å². The van der Waals surface area contributed by atoms with Gasteiger partial charge < -0.3 is 4.74 Å². The number of hydrogen-bond acceptors (Lipinski definition) is 7. The summed E-state index contributed by atoms with van der Waals surface area (Å²) in [5.41, 5.74) is 2.00. The number of rotatable bonds is 6.